The first-order chi connectivity index (χ1) is 7.72. The molecular formula is C13H20O2S. The van der Waals surface area contributed by atoms with E-state index in [1.807, 2.05) is 24.3 Å². The molecule has 0 spiro atoms. The zero-order valence-electron chi connectivity index (χ0n) is 9.98. The van der Waals surface area contributed by atoms with Gasteiger partial charge in [0.15, 0.2) is 0 Å². The lowest BCUT2D eigenvalue weighted by molar-refractivity contribution is 0.124. The summed E-state index contributed by atoms with van der Waals surface area (Å²) in [5.41, 5.74) is 0.959. The maximum Gasteiger partial charge on any atom is 0.0681 e. The van der Waals surface area contributed by atoms with Gasteiger partial charge in [0.05, 0.1) is 13.2 Å². The van der Waals surface area contributed by atoms with E-state index in [1.54, 1.807) is 11.8 Å². The predicted molar refractivity (Wildman–Crippen MR) is 68.7 cm³/mol. The Labute approximate surface area is 102 Å². The van der Waals surface area contributed by atoms with Crippen molar-refractivity contribution in [1.82, 2.24) is 0 Å². The van der Waals surface area contributed by atoms with Gasteiger partial charge in [0.25, 0.3) is 0 Å². The molecule has 1 aromatic carbocycles. The maximum atomic E-state index is 8.90. The molecule has 0 unspecified atom stereocenters. The number of hydrogen-bond acceptors (Lipinski definition) is 3. The molecular weight excluding hydrogens is 220 g/mol. The van der Waals surface area contributed by atoms with Crippen LogP contribution in [0.1, 0.15) is 19.4 Å². The number of hydrogen-bond donors (Lipinski definition) is 1. The first-order valence-electron chi connectivity index (χ1n) is 5.62. The molecule has 3 heteroatoms. The molecule has 1 rings (SSSR count). The van der Waals surface area contributed by atoms with Gasteiger partial charge in [-0.3, -0.25) is 0 Å². The Morgan fingerprint density at radius 1 is 1.25 bits per heavy atom. The van der Waals surface area contributed by atoms with Gasteiger partial charge >= 0.3 is 0 Å². The number of aliphatic hydroxyl groups excluding tert-OH is 1. The van der Waals surface area contributed by atoms with Gasteiger partial charge in [-0.2, -0.15) is 0 Å². The largest absolute Gasteiger partial charge is 0.392 e. The highest BCUT2D eigenvalue weighted by atomic mass is 32.2. The van der Waals surface area contributed by atoms with Gasteiger partial charge in [-0.15, -0.1) is 11.8 Å². The van der Waals surface area contributed by atoms with Gasteiger partial charge in [0.1, 0.15) is 0 Å². The van der Waals surface area contributed by atoms with E-state index in [0.29, 0.717) is 5.92 Å². The third-order valence-corrected chi connectivity index (χ3v) is 3.03. The maximum absolute atomic E-state index is 8.90. The van der Waals surface area contributed by atoms with E-state index in [9.17, 15) is 0 Å². The van der Waals surface area contributed by atoms with Crippen LogP contribution in [0.4, 0.5) is 0 Å². The Morgan fingerprint density at radius 3 is 2.50 bits per heavy atom. The molecule has 1 N–H and O–H groups in total. The summed E-state index contributed by atoms with van der Waals surface area (Å²) in [5, 5.41) is 8.90. The first-order valence-corrected chi connectivity index (χ1v) is 6.61. The molecule has 90 valence electrons. The number of aliphatic hydroxyl groups is 1. The fourth-order valence-corrected chi connectivity index (χ4v) is 1.99. The average molecular weight is 240 g/mol. The molecule has 0 saturated carbocycles. The molecule has 0 aliphatic carbocycles. The summed E-state index contributed by atoms with van der Waals surface area (Å²) in [6, 6.07) is 7.99. The van der Waals surface area contributed by atoms with Crippen molar-refractivity contribution in [1.29, 1.82) is 0 Å². The quantitative estimate of drug-likeness (QED) is 0.587. The molecule has 0 bridgehead atoms. The summed E-state index contributed by atoms with van der Waals surface area (Å²) in [6.45, 7) is 6.05. The van der Waals surface area contributed by atoms with Crippen LogP contribution in [-0.4, -0.2) is 24.1 Å². The Balaban J connectivity index is 2.16. The van der Waals surface area contributed by atoms with E-state index >= 15 is 0 Å². The Kier molecular flexibility index (Phi) is 6.53. The number of rotatable bonds is 7. The van der Waals surface area contributed by atoms with E-state index in [0.717, 1.165) is 24.5 Å². The van der Waals surface area contributed by atoms with E-state index in [2.05, 4.69) is 13.8 Å². The zero-order chi connectivity index (χ0) is 11.8. The van der Waals surface area contributed by atoms with Crippen LogP contribution in [-0.2, 0) is 11.3 Å². The normalized spacial score (nSPS) is 11.0. The van der Waals surface area contributed by atoms with Crippen molar-refractivity contribution in [3.05, 3.63) is 29.8 Å². The van der Waals surface area contributed by atoms with Crippen LogP contribution in [0.25, 0.3) is 0 Å². The molecule has 0 heterocycles. The third-order valence-electron chi connectivity index (χ3n) is 2.05. The van der Waals surface area contributed by atoms with Gasteiger partial charge < -0.3 is 9.84 Å². The number of thioether (sulfide) groups is 1. The molecule has 0 amide bonds. The number of ether oxygens (including phenoxy) is 1. The summed E-state index contributed by atoms with van der Waals surface area (Å²) in [5.74, 6) is 1.58. The first kappa shape index (κ1) is 13.6. The summed E-state index contributed by atoms with van der Waals surface area (Å²) in [7, 11) is 0. The highest BCUT2D eigenvalue weighted by Gasteiger charge is 1.96. The fourth-order valence-electron chi connectivity index (χ4n) is 1.23. The van der Waals surface area contributed by atoms with E-state index in [1.165, 1.54) is 4.90 Å². The molecule has 0 radical (unpaired) electrons. The Hall–Kier alpha value is -0.510. The topological polar surface area (TPSA) is 29.5 Å². The summed E-state index contributed by atoms with van der Waals surface area (Å²) in [6.07, 6.45) is 0. The Bertz CT molecular complexity index is 282. The molecule has 16 heavy (non-hydrogen) atoms. The zero-order valence-corrected chi connectivity index (χ0v) is 10.8. The monoisotopic (exact) mass is 240 g/mol. The molecule has 0 fully saturated rings. The Morgan fingerprint density at radius 2 is 1.94 bits per heavy atom. The average Bonchev–Trinajstić information content (AvgIpc) is 2.29. The van der Waals surface area contributed by atoms with Crippen molar-refractivity contribution in [2.75, 3.05) is 19.0 Å². The second-order valence-corrected chi connectivity index (χ2v) is 5.29. The van der Waals surface area contributed by atoms with Crippen LogP contribution in [0, 0.1) is 5.92 Å². The van der Waals surface area contributed by atoms with Crippen molar-refractivity contribution in [2.45, 2.75) is 25.3 Å². The summed E-state index contributed by atoms with van der Waals surface area (Å²) < 4.78 is 5.50. The summed E-state index contributed by atoms with van der Waals surface area (Å²) in [4.78, 5) is 1.23. The number of benzene rings is 1. The lowest BCUT2D eigenvalue weighted by Gasteiger charge is -2.06. The van der Waals surface area contributed by atoms with Crippen molar-refractivity contribution >= 4 is 11.8 Å². The minimum atomic E-state index is 0.114. The van der Waals surface area contributed by atoms with Crippen LogP contribution in [0.3, 0.4) is 0 Å². The summed E-state index contributed by atoms with van der Waals surface area (Å²) >= 11 is 1.78. The highest BCUT2D eigenvalue weighted by Crippen LogP contribution is 2.18. The van der Waals surface area contributed by atoms with Crippen LogP contribution in [0.15, 0.2) is 29.2 Å². The van der Waals surface area contributed by atoms with E-state index in [4.69, 9.17) is 9.84 Å². The van der Waals surface area contributed by atoms with Gasteiger partial charge in [-0.05, 0) is 23.6 Å². The molecule has 0 aromatic heterocycles. The smallest absolute Gasteiger partial charge is 0.0681 e. The van der Waals surface area contributed by atoms with Gasteiger partial charge in [-0.1, -0.05) is 26.0 Å². The van der Waals surface area contributed by atoms with Crippen molar-refractivity contribution < 1.29 is 9.84 Å². The minimum absolute atomic E-state index is 0.114. The minimum Gasteiger partial charge on any atom is -0.392 e. The molecule has 0 aliphatic heterocycles. The lowest BCUT2D eigenvalue weighted by atomic mass is 10.2. The van der Waals surface area contributed by atoms with Crippen LogP contribution < -0.4 is 0 Å². The standard InChI is InChI=1S/C13H20O2S/c1-11(2)10-15-7-8-16-13-5-3-12(9-14)4-6-13/h3-6,11,14H,7-10H2,1-2H3. The van der Waals surface area contributed by atoms with Gasteiger partial charge in [-0.25, -0.2) is 0 Å². The van der Waals surface area contributed by atoms with Crippen molar-refractivity contribution in [3.8, 4) is 0 Å². The third kappa shape index (κ3) is 5.54. The van der Waals surface area contributed by atoms with E-state index in [-0.39, 0.29) is 6.61 Å². The highest BCUT2D eigenvalue weighted by molar-refractivity contribution is 7.99. The van der Waals surface area contributed by atoms with Crippen LogP contribution in [0.5, 0.6) is 0 Å². The van der Waals surface area contributed by atoms with Gasteiger partial charge in [0.2, 0.25) is 0 Å². The van der Waals surface area contributed by atoms with Crippen LogP contribution >= 0.6 is 11.8 Å². The molecule has 0 saturated heterocycles. The fraction of sp³-hybridized carbons (Fsp3) is 0.538. The lowest BCUT2D eigenvalue weighted by Crippen LogP contribution is -2.04. The molecule has 2 nitrogen and oxygen atoms in total. The van der Waals surface area contributed by atoms with Gasteiger partial charge in [0, 0.05) is 17.3 Å². The molecule has 0 aliphatic rings. The SMILES string of the molecule is CC(C)COCCSc1ccc(CO)cc1. The van der Waals surface area contributed by atoms with Crippen molar-refractivity contribution in [3.63, 3.8) is 0 Å². The second-order valence-electron chi connectivity index (χ2n) is 4.12. The van der Waals surface area contributed by atoms with Crippen molar-refractivity contribution in [2.24, 2.45) is 5.92 Å². The van der Waals surface area contributed by atoms with Crippen LogP contribution in [0.2, 0.25) is 0 Å². The van der Waals surface area contributed by atoms with E-state index < -0.39 is 0 Å². The predicted octanol–water partition coefficient (Wildman–Crippen LogP) is 2.94. The molecule has 0 atom stereocenters. The second kappa shape index (κ2) is 7.71. The molecule has 1 aromatic rings.